The molecule has 1 aliphatic rings. The Bertz CT molecular complexity index is 966. The van der Waals surface area contributed by atoms with Crippen molar-refractivity contribution in [1.29, 1.82) is 0 Å². The first-order valence-electron chi connectivity index (χ1n) is 10.2. The largest absolute Gasteiger partial charge is 0.332 e. The molecule has 3 heterocycles. The van der Waals surface area contributed by atoms with E-state index >= 15 is 0 Å². The molecule has 0 unspecified atom stereocenters. The second kappa shape index (κ2) is 7.73. The molecule has 0 N–H and O–H groups in total. The molecule has 4 rings (SSSR count). The molecule has 1 fully saturated rings. The van der Waals surface area contributed by atoms with Crippen LogP contribution in [0.2, 0.25) is 0 Å². The molecule has 1 aliphatic carbocycles. The summed E-state index contributed by atoms with van der Waals surface area (Å²) in [6.07, 6.45) is 12.3. The fourth-order valence-electron chi connectivity index (χ4n) is 4.00. The number of rotatable bonds is 6. The van der Waals surface area contributed by atoms with Gasteiger partial charge in [-0.05, 0) is 39.7 Å². The minimum atomic E-state index is -0.0240. The predicted molar refractivity (Wildman–Crippen MR) is 108 cm³/mol. The number of hydrogen-bond acceptors (Lipinski definition) is 4. The van der Waals surface area contributed by atoms with Crippen LogP contribution in [0.5, 0.6) is 0 Å². The van der Waals surface area contributed by atoms with Gasteiger partial charge in [0.25, 0.3) is 5.91 Å². The van der Waals surface area contributed by atoms with Gasteiger partial charge in [-0.25, -0.2) is 9.97 Å². The topological polar surface area (TPSA) is 68.8 Å². The second-order valence-corrected chi connectivity index (χ2v) is 7.89. The lowest BCUT2D eigenvalue weighted by molar-refractivity contribution is 0.0690. The van der Waals surface area contributed by atoms with Crippen LogP contribution in [0.25, 0.3) is 11.2 Å². The van der Waals surface area contributed by atoms with Crippen molar-refractivity contribution in [2.24, 2.45) is 0 Å². The molecule has 1 saturated carbocycles. The zero-order chi connectivity index (χ0) is 19.7. The first kappa shape index (κ1) is 18.7. The van der Waals surface area contributed by atoms with Gasteiger partial charge in [-0.1, -0.05) is 12.8 Å². The van der Waals surface area contributed by atoms with Crippen molar-refractivity contribution in [3.63, 3.8) is 0 Å². The van der Waals surface area contributed by atoms with Gasteiger partial charge in [0.2, 0.25) is 0 Å². The number of hydrogen-bond donors (Lipinski definition) is 0. The Labute approximate surface area is 165 Å². The zero-order valence-electron chi connectivity index (χ0n) is 16.9. The van der Waals surface area contributed by atoms with Crippen molar-refractivity contribution < 1.29 is 4.79 Å². The van der Waals surface area contributed by atoms with E-state index in [1.807, 2.05) is 55.1 Å². The fraction of sp³-hybridized carbons (Fsp3) is 0.524. The van der Waals surface area contributed by atoms with Crippen molar-refractivity contribution in [2.75, 3.05) is 0 Å². The highest BCUT2D eigenvalue weighted by molar-refractivity contribution is 5.96. The molecular weight excluding hydrogens is 352 g/mol. The summed E-state index contributed by atoms with van der Waals surface area (Å²) in [4.78, 5) is 24.2. The monoisotopic (exact) mass is 380 g/mol. The van der Waals surface area contributed by atoms with Crippen LogP contribution in [0.1, 0.15) is 68.4 Å². The zero-order valence-corrected chi connectivity index (χ0v) is 16.9. The lowest BCUT2D eigenvalue weighted by Crippen LogP contribution is -2.36. The Hall–Kier alpha value is -2.70. The minimum absolute atomic E-state index is 0.0240. The van der Waals surface area contributed by atoms with E-state index in [1.54, 1.807) is 6.20 Å². The van der Waals surface area contributed by atoms with E-state index in [0.717, 1.165) is 23.3 Å². The van der Waals surface area contributed by atoms with Gasteiger partial charge >= 0.3 is 0 Å². The van der Waals surface area contributed by atoms with Crippen LogP contribution in [-0.2, 0) is 13.1 Å². The third-order valence-corrected chi connectivity index (χ3v) is 5.63. The molecule has 1 amide bonds. The average molecular weight is 380 g/mol. The normalized spacial score (nSPS) is 15.0. The summed E-state index contributed by atoms with van der Waals surface area (Å²) in [6, 6.07) is 2.44. The lowest BCUT2D eigenvalue weighted by atomic mass is 10.2. The van der Waals surface area contributed by atoms with E-state index in [9.17, 15) is 4.79 Å². The van der Waals surface area contributed by atoms with Gasteiger partial charge in [-0.15, -0.1) is 0 Å². The number of aryl methyl sites for hydroxylation is 1. The van der Waals surface area contributed by atoms with Crippen LogP contribution in [0, 0.1) is 0 Å². The maximum absolute atomic E-state index is 13.2. The molecule has 0 aromatic carbocycles. The fourth-order valence-corrected chi connectivity index (χ4v) is 4.00. The Morgan fingerprint density at radius 1 is 1.25 bits per heavy atom. The highest BCUT2D eigenvalue weighted by atomic mass is 16.2. The molecule has 0 atom stereocenters. The molecule has 0 radical (unpaired) electrons. The SMILES string of the molecule is CCn1cc(CN(C(=O)c2cnc3c(c2)ncn3C2CCCC2)C(C)C)cn1. The van der Waals surface area contributed by atoms with E-state index in [0.29, 0.717) is 18.2 Å². The molecule has 3 aromatic heterocycles. The van der Waals surface area contributed by atoms with Gasteiger partial charge < -0.3 is 9.47 Å². The van der Waals surface area contributed by atoms with Crippen molar-refractivity contribution in [2.45, 2.75) is 71.6 Å². The number of fused-ring (bicyclic) bond motifs is 1. The maximum Gasteiger partial charge on any atom is 0.256 e. The maximum atomic E-state index is 13.2. The van der Waals surface area contributed by atoms with E-state index < -0.39 is 0 Å². The summed E-state index contributed by atoms with van der Waals surface area (Å²) in [5.74, 6) is -0.0240. The van der Waals surface area contributed by atoms with Crippen LogP contribution in [0.4, 0.5) is 0 Å². The highest BCUT2D eigenvalue weighted by Crippen LogP contribution is 2.31. The quantitative estimate of drug-likeness (QED) is 0.652. The number of nitrogens with zero attached hydrogens (tertiary/aromatic N) is 6. The number of pyridine rings is 1. The molecule has 148 valence electrons. The molecule has 0 bridgehead atoms. The molecule has 0 aliphatic heterocycles. The van der Waals surface area contributed by atoms with Gasteiger partial charge in [-0.3, -0.25) is 9.48 Å². The smallest absolute Gasteiger partial charge is 0.256 e. The van der Waals surface area contributed by atoms with Gasteiger partial charge in [-0.2, -0.15) is 5.10 Å². The first-order valence-corrected chi connectivity index (χ1v) is 10.2. The summed E-state index contributed by atoms with van der Waals surface area (Å²) in [5.41, 5.74) is 3.29. The van der Waals surface area contributed by atoms with Crippen LogP contribution in [0.15, 0.2) is 31.0 Å². The van der Waals surface area contributed by atoms with E-state index in [2.05, 4.69) is 19.6 Å². The van der Waals surface area contributed by atoms with Gasteiger partial charge in [0.15, 0.2) is 5.65 Å². The molecule has 7 nitrogen and oxygen atoms in total. The highest BCUT2D eigenvalue weighted by Gasteiger charge is 2.23. The second-order valence-electron chi connectivity index (χ2n) is 7.89. The van der Waals surface area contributed by atoms with E-state index in [-0.39, 0.29) is 11.9 Å². The number of aromatic nitrogens is 5. The van der Waals surface area contributed by atoms with Crippen molar-refractivity contribution in [1.82, 2.24) is 29.2 Å². The van der Waals surface area contributed by atoms with Gasteiger partial charge in [0.1, 0.15) is 5.52 Å². The summed E-state index contributed by atoms with van der Waals surface area (Å²) in [6.45, 7) is 7.46. The third-order valence-electron chi connectivity index (χ3n) is 5.63. The third kappa shape index (κ3) is 3.53. The van der Waals surface area contributed by atoms with Crippen molar-refractivity contribution in [3.8, 4) is 0 Å². The number of amides is 1. The Morgan fingerprint density at radius 3 is 2.71 bits per heavy atom. The molecule has 3 aromatic rings. The number of imidazole rings is 1. The first-order chi connectivity index (χ1) is 13.6. The minimum Gasteiger partial charge on any atom is -0.332 e. The Balaban J connectivity index is 1.58. The molecule has 0 spiro atoms. The number of carbonyl (C=O) groups is 1. The van der Waals surface area contributed by atoms with Crippen LogP contribution < -0.4 is 0 Å². The van der Waals surface area contributed by atoms with Gasteiger partial charge in [0.05, 0.1) is 18.1 Å². The van der Waals surface area contributed by atoms with Crippen LogP contribution >= 0.6 is 0 Å². The molecule has 7 heteroatoms. The summed E-state index contributed by atoms with van der Waals surface area (Å²) >= 11 is 0. The van der Waals surface area contributed by atoms with E-state index in [4.69, 9.17) is 0 Å². The summed E-state index contributed by atoms with van der Waals surface area (Å²) in [5, 5.41) is 4.31. The van der Waals surface area contributed by atoms with Crippen LogP contribution in [0.3, 0.4) is 0 Å². The summed E-state index contributed by atoms with van der Waals surface area (Å²) < 4.78 is 4.05. The summed E-state index contributed by atoms with van der Waals surface area (Å²) in [7, 11) is 0. The van der Waals surface area contributed by atoms with Crippen molar-refractivity contribution >= 4 is 17.1 Å². The lowest BCUT2D eigenvalue weighted by Gasteiger charge is -2.26. The van der Waals surface area contributed by atoms with Crippen LogP contribution in [-0.4, -0.2) is 41.2 Å². The predicted octanol–water partition coefficient (Wildman–Crippen LogP) is 3.81. The molecule has 28 heavy (non-hydrogen) atoms. The van der Waals surface area contributed by atoms with Crippen molar-refractivity contribution in [3.05, 3.63) is 42.1 Å². The molecular formula is C21H28N6O. The number of carbonyl (C=O) groups excluding carboxylic acids is 1. The van der Waals surface area contributed by atoms with E-state index in [1.165, 1.54) is 25.7 Å². The van der Waals surface area contributed by atoms with Gasteiger partial charge in [0, 0.05) is 43.1 Å². The Morgan fingerprint density at radius 2 is 2.04 bits per heavy atom. The Kier molecular flexibility index (Phi) is 5.15. The average Bonchev–Trinajstić information content (AvgIpc) is 3.44. The molecule has 0 saturated heterocycles. The standard InChI is InChI=1S/C21H28N6O/c1-4-25-12-16(10-24-25)13-26(15(2)3)21(28)17-9-19-20(22-11-17)27(14-23-19)18-7-5-6-8-18/h9-12,14-15,18H,4-8,13H2,1-3H3.